The molecule has 2 amide bonds. The number of rotatable bonds is 5. The highest BCUT2D eigenvalue weighted by Crippen LogP contribution is 2.31. The van der Waals surface area contributed by atoms with Gasteiger partial charge in [-0.1, -0.05) is 11.6 Å². The highest BCUT2D eigenvalue weighted by Gasteiger charge is 2.33. The molecule has 1 aromatic rings. The van der Waals surface area contributed by atoms with Crippen LogP contribution in [0.15, 0.2) is 18.2 Å². The molecule has 7 nitrogen and oxygen atoms in total. The van der Waals surface area contributed by atoms with Gasteiger partial charge in [0.15, 0.2) is 0 Å². The normalized spacial score (nSPS) is 23.2. The summed E-state index contributed by atoms with van der Waals surface area (Å²) in [7, 11) is 1.53. The number of halogens is 1. The summed E-state index contributed by atoms with van der Waals surface area (Å²) in [6, 6.07) is 5.08. The molecule has 24 heavy (non-hydrogen) atoms. The first-order chi connectivity index (χ1) is 11.6. The molecule has 2 atom stereocenters. The van der Waals surface area contributed by atoms with E-state index in [0.29, 0.717) is 29.6 Å². The molecule has 0 bridgehead atoms. The van der Waals surface area contributed by atoms with Crippen LogP contribution < -0.4 is 15.0 Å². The first-order valence-corrected chi connectivity index (χ1v) is 8.17. The number of benzene rings is 1. The molecule has 2 aliphatic heterocycles. The Morgan fingerprint density at radius 3 is 3.00 bits per heavy atom. The molecule has 130 valence electrons. The number of anilines is 1. The standard InChI is InChI=1S/C16H19ClN2O5/c1-22-13-5-4-10(7-12(13)17)19-9-11(24-16(19)21)8-18-15(20)14-3-2-6-23-14/h4-5,7,11,14H,2-3,6,8-9H2,1H3,(H,18,20). The van der Waals surface area contributed by atoms with Gasteiger partial charge in [-0.2, -0.15) is 0 Å². The van der Waals surface area contributed by atoms with Crippen LogP contribution in [0.25, 0.3) is 0 Å². The Morgan fingerprint density at radius 1 is 1.50 bits per heavy atom. The average Bonchev–Trinajstić information content (AvgIpc) is 3.22. The molecule has 8 heteroatoms. The average molecular weight is 355 g/mol. The van der Waals surface area contributed by atoms with E-state index in [1.54, 1.807) is 18.2 Å². The van der Waals surface area contributed by atoms with Crippen LogP contribution in [-0.4, -0.2) is 51.0 Å². The van der Waals surface area contributed by atoms with Crippen LogP contribution >= 0.6 is 11.6 Å². The molecule has 1 N–H and O–H groups in total. The SMILES string of the molecule is COc1ccc(N2CC(CNC(=O)C3CCCO3)OC2=O)cc1Cl. The maximum atomic E-state index is 12.0. The Balaban J connectivity index is 1.57. The lowest BCUT2D eigenvalue weighted by molar-refractivity contribution is -0.130. The Hall–Kier alpha value is -1.99. The van der Waals surface area contributed by atoms with Crippen LogP contribution in [-0.2, 0) is 14.3 Å². The molecule has 2 fully saturated rings. The van der Waals surface area contributed by atoms with E-state index in [-0.39, 0.29) is 12.5 Å². The van der Waals surface area contributed by atoms with Gasteiger partial charge in [0.2, 0.25) is 5.91 Å². The quantitative estimate of drug-likeness (QED) is 0.874. The van der Waals surface area contributed by atoms with Gasteiger partial charge >= 0.3 is 6.09 Å². The fourth-order valence-electron chi connectivity index (χ4n) is 2.77. The molecule has 2 unspecified atom stereocenters. The molecule has 3 rings (SSSR count). The largest absolute Gasteiger partial charge is 0.495 e. The van der Waals surface area contributed by atoms with Crippen LogP contribution in [0.2, 0.25) is 5.02 Å². The van der Waals surface area contributed by atoms with Crippen molar-refractivity contribution in [1.29, 1.82) is 0 Å². The van der Waals surface area contributed by atoms with Gasteiger partial charge in [-0.05, 0) is 31.0 Å². The van der Waals surface area contributed by atoms with Crippen molar-refractivity contribution < 1.29 is 23.8 Å². The highest BCUT2D eigenvalue weighted by molar-refractivity contribution is 6.32. The third-order valence-electron chi connectivity index (χ3n) is 4.05. The fourth-order valence-corrected chi connectivity index (χ4v) is 3.03. The van der Waals surface area contributed by atoms with Crippen LogP contribution in [0.5, 0.6) is 5.75 Å². The van der Waals surface area contributed by atoms with Crippen LogP contribution in [0.1, 0.15) is 12.8 Å². The molecular weight excluding hydrogens is 336 g/mol. The van der Waals surface area contributed by atoms with Crippen molar-refractivity contribution in [3.05, 3.63) is 23.2 Å². The number of carbonyl (C=O) groups excluding carboxylic acids is 2. The summed E-state index contributed by atoms with van der Waals surface area (Å²) >= 11 is 6.09. The number of ether oxygens (including phenoxy) is 3. The third-order valence-corrected chi connectivity index (χ3v) is 4.34. The number of hydrogen-bond donors (Lipinski definition) is 1. The van der Waals surface area contributed by atoms with Crippen LogP contribution in [0, 0.1) is 0 Å². The smallest absolute Gasteiger partial charge is 0.414 e. The molecule has 0 aliphatic carbocycles. The Labute approximate surface area is 144 Å². The van der Waals surface area contributed by atoms with Crippen molar-refractivity contribution in [2.24, 2.45) is 0 Å². The zero-order valence-corrected chi connectivity index (χ0v) is 14.0. The lowest BCUT2D eigenvalue weighted by Crippen LogP contribution is -2.40. The molecule has 1 aromatic carbocycles. The summed E-state index contributed by atoms with van der Waals surface area (Å²) in [5.41, 5.74) is 0.624. The molecule has 2 saturated heterocycles. The van der Waals surface area contributed by atoms with Crippen molar-refractivity contribution in [2.45, 2.75) is 25.0 Å². The zero-order valence-electron chi connectivity index (χ0n) is 13.3. The predicted molar refractivity (Wildman–Crippen MR) is 87.6 cm³/mol. The van der Waals surface area contributed by atoms with E-state index in [1.165, 1.54) is 12.0 Å². The first kappa shape index (κ1) is 16.9. The third kappa shape index (κ3) is 3.57. The maximum Gasteiger partial charge on any atom is 0.414 e. The van der Waals surface area contributed by atoms with E-state index < -0.39 is 18.3 Å². The van der Waals surface area contributed by atoms with Gasteiger partial charge in [0.25, 0.3) is 0 Å². The van der Waals surface area contributed by atoms with Gasteiger partial charge in [-0.3, -0.25) is 9.69 Å². The van der Waals surface area contributed by atoms with Gasteiger partial charge in [-0.25, -0.2) is 4.79 Å². The number of carbonyl (C=O) groups is 2. The summed E-state index contributed by atoms with van der Waals surface area (Å²) < 4.78 is 15.7. The van der Waals surface area contributed by atoms with E-state index in [1.807, 2.05) is 0 Å². The lowest BCUT2D eigenvalue weighted by Gasteiger charge is -2.15. The Morgan fingerprint density at radius 2 is 2.33 bits per heavy atom. The number of amides is 2. The molecule has 2 heterocycles. The summed E-state index contributed by atoms with van der Waals surface area (Å²) in [5, 5.41) is 3.19. The van der Waals surface area contributed by atoms with Crippen molar-refractivity contribution in [1.82, 2.24) is 5.32 Å². The van der Waals surface area contributed by atoms with Gasteiger partial charge in [0.1, 0.15) is 18.0 Å². The van der Waals surface area contributed by atoms with E-state index in [0.717, 1.165) is 12.8 Å². The second-order valence-electron chi connectivity index (χ2n) is 5.68. The second kappa shape index (κ2) is 7.27. The number of methoxy groups -OCH3 is 1. The molecule has 0 spiro atoms. The first-order valence-electron chi connectivity index (χ1n) is 7.79. The van der Waals surface area contributed by atoms with Crippen molar-refractivity contribution >= 4 is 29.3 Å². The Bertz CT molecular complexity index is 633. The Kier molecular flexibility index (Phi) is 5.11. The van der Waals surface area contributed by atoms with E-state index in [4.69, 9.17) is 25.8 Å². The number of nitrogens with one attached hydrogen (secondary N) is 1. The molecule has 0 saturated carbocycles. The summed E-state index contributed by atoms with van der Waals surface area (Å²) in [6.45, 7) is 1.21. The van der Waals surface area contributed by atoms with E-state index in [2.05, 4.69) is 5.32 Å². The van der Waals surface area contributed by atoms with Crippen molar-refractivity contribution in [2.75, 3.05) is 31.7 Å². The lowest BCUT2D eigenvalue weighted by atomic mass is 10.2. The molecular formula is C16H19ClN2O5. The summed E-state index contributed by atoms with van der Waals surface area (Å²) in [4.78, 5) is 25.5. The number of hydrogen-bond acceptors (Lipinski definition) is 5. The second-order valence-corrected chi connectivity index (χ2v) is 6.09. The van der Waals surface area contributed by atoms with Gasteiger partial charge < -0.3 is 19.5 Å². The van der Waals surface area contributed by atoms with Crippen molar-refractivity contribution in [3.8, 4) is 5.75 Å². The fraction of sp³-hybridized carbons (Fsp3) is 0.500. The van der Waals surface area contributed by atoms with Crippen LogP contribution in [0.4, 0.5) is 10.5 Å². The minimum atomic E-state index is -0.465. The van der Waals surface area contributed by atoms with Gasteiger partial charge in [0.05, 0.1) is 25.2 Å². The minimum absolute atomic E-state index is 0.158. The maximum absolute atomic E-state index is 12.0. The number of cyclic esters (lactones) is 1. The van der Waals surface area contributed by atoms with Crippen LogP contribution in [0.3, 0.4) is 0 Å². The topological polar surface area (TPSA) is 77.1 Å². The van der Waals surface area contributed by atoms with E-state index >= 15 is 0 Å². The zero-order chi connectivity index (χ0) is 17.1. The predicted octanol–water partition coefficient (Wildman–Crippen LogP) is 1.97. The summed E-state index contributed by atoms with van der Waals surface area (Å²) in [6.07, 6.45) is 0.352. The highest BCUT2D eigenvalue weighted by atomic mass is 35.5. The minimum Gasteiger partial charge on any atom is -0.495 e. The molecule has 0 aromatic heterocycles. The van der Waals surface area contributed by atoms with Crippen molar-refractivity contribution in [3.63, 3.8) is 0 Å². The number of nitrogens with zero attached hydrogens (tertiary/aromatic N) is 1. The monoisotopic (exact) mass is 354 g/mol. The summed E-state index contributed by atoms with van der Waals surface area (Å²) in [5.74, 6) is 0.378. The molecule has 0 radical (unpaired) electrons. The molecule has 2 aliphatic rings. The van der Waals surface area contributed by atoms with E-state index in [9.17, 15) is 9.59 Å². The van der Waals surface area contributed by atoms with Gasteiger partial charge in [-0.15, -0.1) is 0 Å². The van der Waals surface area contributed by atoms with Gasteiger partial charge in [0, 0.05) is 12.3 Å².